The molecule has 1 aromatic carbocycles. The molecule has 1 aliphatic rings. The summed E-state index contributed by atoms with van der Waals surface area (Å²) in [6.07, 6.45) is 0.973. The number of halogens is 2. The molecule has 1 amide bonds. The van der Waals surface area contributed by atoms with Crippen molar-refractivity contribution in [2.75, 3.05) is 19.6 Å². The molecular formula is C15H18ClFN2OS. The highest BCUT2D eigenvalue weighted by Gasteiger charge is 2.28. The summed E-state index contributed by atoms with van der Waals surface area (Å²) in [7, 11) is 0. The highest BCUT2D eigenvalue weighted by atomic mass is 35.5. The number of thiophene rings is 1. The second-order valence-corrected chi connectivity index (χ2v) is 6.39. The summed E-state index contributed by atoms with van der Waals surface area (Å²) in [5.41, 5.74) is 6.55. The number of amides is 1. The Balaban J connectivity index is 0.00000161. The zero-order valence-corrected chi connectivity index (χ0v) is 13.4. The fourth-order valence-electron chi connectivity index (χ4n) is 2.75. The van der Waals surface area contributed by atoms with Gasteiger partial charge in [0.1, 0.15) is 5.82 Å². The van der Waals surface area contributed by atoms with Gasteiger partial charge in [-0.1, -0.05) is 0 Å². The van der Waals surface area contributed by atoms with Crippen molar-refractivity contribution in [3.8, 4) is 0 Å². The van der Waals surface area contributed by atoms with Crippen LogP contribution in [0.5, 0.6) is 0 Å². The highest BCUT2D eigenvalue weighted by molar-refractivity contribution is 7.21. The van der Waals surface area contributed by atoms with Gasteiger partial charge in [0.2, 0.25) is 0 Å². The predicted molar refractivity (Wildman–Crippen MR) is 86.8 cm³/mol. The number of likely N-dealkylation sites (tertiary alicyclic amines) is 1. The van der Waals surface area contributed by atoms with Gasteiger partial charge in [-0.3, -0.25) is 4.79 Å². The first-order valence-corrected chi connectivity index (χ1v) is 7.59. The number of benzene rings is 1. The van der Waals surface area contributed by atoms with E-state index in [4.69, 9.17) is 5.73 Å². The van der Waals surface area contributed by atoms with Crippen molar-refractivity contribution in [2.24, 2.45) is 11.7 Å². The molecule has 0 saturated carbocycles. The normalized spacial score (nSPS) is 18.0. The van der Waals surface area contributed by atoms with Gasteiger partial charge in [0.05, 0.1) is 4.88 Å². The van der Waals surface area contributed by atoms with E-state index in [2.05, 4.69) is 0 Å². The maximum absolute atomic E-state index is 13.3. The number of rotatable bonds is 2. The number of nitrogens with zero attached hydrogens (tertiary/aromatic N) is 1. The smallest absolute Gasteiger partial charge is 0.264 e. The monoisotopic (exact) mass is 328 g/mol. The number of hydrogen-bond donors (Lipinski definition) is 1. The summed E-state index contributed by atoms with van der Waals surface area (Å²) in [5, 5.41) is 0.841. The van der Waals surface area contributed by atoms with Crippen molar-refractivity contribution >= 4 is 39.7 Å². The van der Waals surface area contributed by atoms with Gasteiger partial charge in [-0.2, -0.15) is 0 Å². The van der Waals surface area contributed by atoms with Gasteiger partial charge in [0.15, 0.2) is 0 Å². The lowest BCUT2D eigenvalue weighted by atomic mass is 10.1. The standard InChI is InChI=1S/C15H17FN2OS.ClH/c1-9-12-6-11(16)2-3-13(12)20-14(9)15(19)18-5-4-10(7-17)8-18;/h2-3,6,10H,4-5,7-8,17H2,1H3;1H. The lowest BCUT2D eigenvalue weighted by Gasteiger charge is -2.15. The van der Waals surface area contributed by atoms with Crippen LogP contribution in [0.15, 0.2) is 18.2 Å². The average molecular weight is 329 g/mol. The van der Waals surface area contributed by atoms with Crippen LogP contribution in [0.4, 0.5) is 4.39 Å². The van der Waals surface area contributed by atoms with Crippen molar-refractivity contribution in [1.82, 2.24) is 4.90 Å². The zero-order valence-electron chi connectivity index (χ0n) is 11.8. The second-order valence-electron chi connectivity index (χ2n) is 5.34. The van der Waals surface area contributed by atoms with E-state index in [1.807, 2.05) is 11.8 Å². The Labute approximate surface area is 133 Å². The average Bonchev–Trinajstić information content (AvgIpc) is 3.04. The highest BCUT2D eigenvalue weighted by Crippen LogP contribution is 2.33. The first kappa shape index (κ1) is 16.2. The Morgan fingerprint density at radius 3 is 2.95 bits per heavy atom. The number of aryl methyl sites for hydroxylation is 1. The van der Waals surface area contributed by atoms with E-state index in [1.165, 1.54) is 23.5 Å². The summed E-state index contributed by atoms with van der Waals surface area (Å²) in [5.74, 6) is 0.202. The zero-order chi connectivity index (χ0) is 14.3. The Morgan fingerprint density at radius 2 is 2.29 bits per heavy atom. The van der Waals surface area contributed by atoms with Gasteiger partial charge >= 0.3 is 0 Å². The lowest BCUT2D eigenvalue weighted by Crippen LogP contribution is -2.29. The summed E-state index contributed by atoms with van der Waals surface area (Å²) < 4.78 is 14.3. The first-order valence-electron chi connectivity index (χ1n) is 6.78. The van der Waals surface area contributed by atoms with E-state index in [-0.39, 0.29) is 24.1 Å². The lowest BCUT2D eigenvalue weighted by molar-refractivity contribution is 0.0792. The minimum Gasteiger partial charge on any atom is -0.338 e. The summed E-state index contributed by atoms with van der Waals surface area (Å²) in [4.78, 5) is 15.2. The number of fused-ring (bicyclic) bond motifs is 1. The van der Waals surface area contributed by atoms with Gasteiger partial charge in [0.25, 0.3) is 5.91 Å². The summed E-state index contributed by atoms with van der Waals surface area (Å²) >= 11 is 1.45. The minimum atomic E-state index is -0.262. The van der Waals surface area contributed by atoms with E-state index in [0.29, 0.717) is 12.5 Å². The third-order valence-corrected chi connectivity index (χ3v) is 5.26. The molecule has 3 nitrogen and oxygen atoms in total. The summed E-state index contributed by atoms with van der Waals surface area (Å²) in [6, 6.07) is 4.68. The second kappa shape index (κ2) is 6.30. The molecule has 1 saturated heterocycles. The molecule has 0 bridgehead atoms. The molecule has 1 atom stereocenters. The summed E-state index contributed by atoms with van der Waals surface area (Å²) in [6.45, 7) is 4.02. The first-order chi connectivity index (χ1) is 9.60. The Hall–Kier alpha value is -1.17. The van der Waals surface area contributed by atoms with E-state index in [9.17, 15) is 9.18 Å². The van der Waals surface area contributed by atoms with E-state index in [0.717, 1.165) is 40.0 Å². The molecule has 0 radical (unpaired) electrons. The number of carbonyl (C=O) groups is 1. The van der Waals surface area contributed by atoms with Crippen molar-refractivity contribution in [3.63, 3.8) is 0 Å². The van der Waals surface area contributed by atoms with Crippen LogP contribution >= 0.6 is 23.7 Å². The van der Waals surface area contributed by atoms with Crippen molar-refractivity contribution < 1.29 is 9.18 Å². The van der Waals surface area contributed by atoms with Gasteiger partial charge in [-0.15, -0.1) is 23.7 Å². The van der Waals surface area contributed by atoms with Crippen molar-refractivity contribution in [2.45, 2.75) is 13.3 Å². The minimum absolute atomic E-state index is 0. The Morgan fingerprint density at radius 1 is 1.52 bits per heavy atom. The van der Waals surface area contributed by atoms with Crippen molar-refractivity contribution in [3.05, 3.63) is 34.5 Å². The molecule has 2 heterocycles. The number of hydrogen-bond acceptors (Lipinski definition) is 3. The molecule has 21 heavy (non-hydrogen) atoms. The maximum Gasteiger partial charge on any atom is 0.264 e. The Bertz CT molecular complexity index is 673. The van der Waals surface area contributed by atoms with Gasteiger partial charge < -0.3 is 10.6 Å². The van der Waals surface area contributed by atoms with Crippen LogP contribution in [0.25, 0.3) is 10.1 Å². The third-order valence-electron chi connectivity index (χ3n) is 4.00. The molecule has 1 fully saturated rings. The van der Waals surface area contributed by atoms with Gasteiger partial charge in [-0.25, -0.2) is 4.39 Å². The van der Waals surface area contributed by atoms with Crippen molar-refractivity contribution in [1.29, 1.82) is 0 Å². The van der Waals surface area contributed by atoms with Crippen LogP contribution in [-0.4, -0.2) is 30.4 Å². The maximum atomic E-state index is 13.3. The SMILES string of the molecule is Cc1c(C(=O)N2CCC(CN)C2)sc2ccc(F)cc12.Cl. The van der Waals surface area contributed by atoms with Gasteiger partial charge in [-0.05, 0) is 55.0 Å². The molecule has 114 valence electrons. The van der Waals surface area contributed by atoms with Crippen LogP contribution in [0.3, 0.4) is 0 Å². The predicted octanol–water partition coefficient (Wildman–Crippen LogP) is 3.19. The van der Waals surface area contributed by atoms with E-state index < -0.39 is 0 Å². The van der Waals surface area contributed by atoms with Gasteiger partial charge in [0, 0.05) is 17.8 Å². The van der Waals surface area contributed by atoms with Crippen LogP contribution in [0.2, 0.25) is 0 Å². The van der Waals surface area contributed by atoms with Crippen LogP contribution in [0, 0.1) is 18.7 Å². The van der Waals surface area contributed by atoms with Crippen LogP contribution in [-0.2, 0) is 0 Å². The molecule has 2 aromatic rings. The number of nitrogens with two attached hydrogens (primary N) is 1. The molecular weight excluding hydrogens is 311 g/mol. The molecule has 1 aromatic heterocycles. The molecule has 3 rings (SSSR count). The van der Waals surface area contributed by atoms with E-state index >= 15 is 0 Å². The molecule has 2 N–H and O–H groups in total. The Kier molecular flexibility index (Phi) is 4.86. The quantitative estimate of drug-likeness (QED) is 0.920. The largest absolute Gasteiger partial charge is 0.338 e. The van der Waals surface area contributed by atoms with Crippen LogP contribution in [0.1, 0.15) is 21.7 Å². The topological polar surface area (TPSA) is 46.3 Å². The van der Waals surface area contributed by atoms with Crippen LogP contribution < -0.4 is 5.73 Å². The molecule has 0 aliphatic carbocycles. The fourth-order valence-corrected chi connectivity index (χ4v) is 3.91. The molecule has 6 heteroatoms. The number of carbonyl (C=O) groups excluding carboxylic acids is 1. The van der Waals surface area contributed by atoms with E-state index in [1.54, 1.807) is 6.07 Å². The molecule has 1 aliphatic heterocycles. The molecule has 1 unspecified atom stereocenters. The molecule has 0 spiro atoms. The fraction of sp³-hybridized carbons (Fsp3) is 0.400. The third kappa shape index (κ3) is 2.91.